The van der Waals surface area contributed by atoms with E-state index in [-0.39, 0.29) is 0 Å². The SMILES string of the molecule is CCCc1ccc(-c2coc(=S)[nH]2)cc1. The van der Waals surface area contributed by atoms with E-state index in [9.17, 15) is 0 Å². The molecule has 2 rings (SSSR count). The van der Waals surface area contributed by atoms with E-state index in [1.54, 1.807) is 6.26 Å². The van der Waals surface area contributed by atoms with Crippen molar-refractivity contribution in [3.05, 3.63) is 40.9 Å². The van der Waals surface area contributed by atoms with Crippen LogP contribution in [-0.2, 0) is 6.42 Å². The zero-order valence-electron chi connectivity index (χ0n) is 8.62. The fourth-order valence-electron chi connectivity index (χ4n) is 1.56. The first-order chi connectivity index (χ1) is 7.29. The monoisotopic (exact) mass is 219 g/mol. The molecule has 2 nitrogen and oxygen atoms in total. The minimum Gasteiger partial charge on any atom is -0.437 e. The van der Waals surface area contributed by atoms with Crippen LogP contribution < -0.4 is 0 Å². The lowest BCUT2D eigenvalue weighted by atomic mass is 10.1. The molecule has 0 saturated heterocycles. The Hall–Kier alpha value is -1.35. The van der Waals surface area contributed by atoms with Gasteiger partial charge in [-0.25, -0.2) is 0 Å². The highest BCUT2D eigenvalue weighted by molar-refractivity contribution is 7.71. The van der Waals surface area contributed by atoms with E-state index in [1.165, 1.54) is 12.0 Å². The van der Waals surface area contributed by atoms with Gasteiger partial charge >= 0.3 is 0 Å². The minimum absolute atomic E-state index is 0.419. The van der Waals surface area contributed by atoms with Crippen molar-refractivity contribution in [2.45, 2.75) is 19.8 Å². The summed E-state index contributed by atoms with van der Waals surface area (Å²) < 4.78 is 5.06. The summed E-state index contributed by atoms with van der Waals surface area (Å²) in [6, 6.07) is 8.45. The summed E-state index contributed by atoms with van der Waals surface area (Å²) in [6.45, 7) is 2.18. The summed E-state index contributed by atoms with van der Waals surface area (Å²) in [5.74, 6) is 0. The van der Waals surface area contributed by atoms with Crippen molar-refractivity contribution in [2.75, 3.05) is 0 Å². The Morgan fingerprint density at radius 3 is 2.53 bits per heavy atom. The number of nitrogens with one attached hydrogen (secondary N) is 1. The summed E-state index contributed by atoms with van der Waals surface area (Å²) in [7, 11) is 0. The standard InChI is InChI=1S/C12H13NOS/c1-2-3-9-4-6-10(7-5-9)11-8-14-12(15)13-11/h4-8H,2-3H2,1H3,(H,13,15). The Morgan fingerprint density at radius 2 is 2.00 bits per heavy atom. The summed E-state index contributed by atoms with van der Waals surface area (Å²) in [5, 5.41) is 0. The molecule has 0 spiro atoms. The van der Waals surface area contributed by atoms with E-state index >= 15 is 0 Å². The molecule has 2 aromatic rings. The number of aromatic nitrogens is 1. The molecule has 0 amide bonds. The van der Waals surface area contributed by atoms with Crippen LogP contribution in [0.5, 0.6) is 0 Å². The molecule has 1 heterocycles. The van der Waals surface area contributed by atoms with Crippen LogP contribution in [0.3, 0.4) is 0 Å². The van der Waals surface area contributed by atoms with Crippen LogP contribution in [0.4, 0.5) is 0 Å². The lowest BCUT2D eigenvalue weighted by Crippen LogP contribution is -1.83. The van der Waals surface area contributed by atoms with Gasteiger partial charge in [0.05, 0.1) is 5.69 Å². The second-order valence-electron chi connectivity index (χ2n) is 3.51. The predicted molar refractivity (Wildman–Crippen MR) is 63.3 cm³/mol. The Kier molecular flexibility index (Phi) is 3.02. The molecule has 1 aromatic heterocycles. The summed E-state index contributed by atoms with van der Waals surface area (Å²) in [6.07, 6.45) is 3.95. The van der Waals surface area contributed by atoms with Crippen molar-refractivity contribution in [3.63, 3.8) is 0 Å². The lowest BCUT2D eigenvalue weighted by molar-refractivity contribution is 0.541. The van der Waals surface area contributed by atoms with E-state index in [0.29, 0.717) is 4.84 Å². The maximum atomic E-state index is 5.06. The molecule has 0 aliphatic heterocycles. The van der Waals surface area contributed by atoms with Gasteiger partial charge in [0.1, 0.15) is 6.26 Å². The first-order valence-electron chi connectivity index (χ1n) is 5.06. The fraction of sp³-hybridized carbons (Fsp3) is 0.250. The maximum Gasteiger partial charge on any atom is 0.266 e. The fourth-order valence-corrected chi connectivity index (χ4v) is 1.72. The number of oxazole rings is 1. The van der Waals surface area contributed by atoms with Gasteiger partial charge in [0.15, 0.2) is 0 Å². The molecular weight excluding hydrogens is 206 g/mol. The zero-order chi connectivity index (χ0) is 10.7. The average Bonchev–Trinajstić information content (AvgIpc) is 2.67. The number of hydrogen-bond acceptors (Lipinski definition) is 2. The molecule has 0 aliphatic carbocycles. The second-order valence-corrected chi connectivity index (χ2v) is 3.88. The highest BCUT2D eigenvalue weighted by atomic mass is 32.1. The van der Waals surface area contributed by atoms with Gasteiger partial charge in [-0.05, 0) is 24.2 Å². The Morgan fingerprint density at radius 1 is 1.27 bits per heavy atom. The molecule has 0 aliphatic rings. The quantitative estimate of drug-likeness (QED) is 0.792. The van der Waals surface area contributed by atoms with Crippen LogP contribution in [0.25, 0.3) is 11.3 Å². The summed E-state index contributed by atoms with van der Waals surface area (Å²) >= 11 is 4.88. The van der Waals surface area contributed by atoms with Crippen molar-refractivity contribution in [1.82, 2.24) is 4.98 Å². The maximum absolute atomic E-state index is 5.06. The van der Waals surface area contributed by atoms with E-state index in [1.807, 2.05) is 0 Å². The molecule has 1 N–H and O–H groups in total. The second kappa shape index (κ2) is 4.45. The van der Waals surface area contributed by atoms with E-state index in [4.69, 9.17) is 16.6 Å². The highest BCUT2D eigenvalue weighted by Crippen LogP contribution is 2.18. The molecule has 0 radical (unpaired) electrons. The molecule has 0 saturated carbocycles. The molecule has 0 atom stereocenters. The average molecular weight is 219 g/mol. The van der Waals surface area contributed by atoms with Gasteiger partial charge in [0.25, 0.3) is 4.84 Å². The van der Waals surface area contributed by atoms with Crippen molar-refractivity contribution < 1.29 is 4.42 Å². The molecule has 0 bridgehead atoms. The number of hydrogen-bond donors (Lipinski definition) is 1. The molecule has 0 fully saturated rings. The van der Waals surface area contributed by atoms with E-state index in [0.717, 1.165) is 17.7 Å². The summed E-state index contributed by atoms with van der Waals surface area (Å²) in [4.78, 5) is 3.41. The van der Waals surface area contributed by atoms with Crippen LogP contribution >= 0.6 is 12.2 Å². The van der Waals surface area contributed by atoms with E-state index < -0.39 is 0 Å². The number of aromatic amines is 1. The zero-order valence-corrected chi connectivity index (χ0v) is 9.43. The first-order valence-corrected chi connectivity index (χ1v) is 5.47. The summed E-state index contributed by atoms with van der Waals surface area (Å²) in [5.41, 5.74) is 3.40. The topological polar surface area (TPSA) is 28.9 Å². The largest absolute Gasteiger partial charge is 0.437 e. The molecule has 1 aromatic carbocycles. The predicted octanol–water partition coefficient (Wildman–Crippen LogP) is 3.96. The van der Waals surface area contributed by atoms with Gasteiger partial charge in [-0.2, -0.15) is 0 Å². The smallest absolute Gasteiger partial charge is 0.266 e. The Labute approximate surface area is 94.0 Å². The van der Waals surface area contributed by atoms with Gasteiger partial charge in [-0.3, -0.25) is 0 Å². The van der Waals surface area contributed by atoms with Gasteiger partial charge < -0.3 is 9.40 Å². The van der Waals surface area contributed by atoms with Crippen molar-refractivity contribution >= 4 is 12.2 Å². The third kappa shape index (κ3) is 2.36. The lowest BCUT2D eigenvalue weighted by Gasteiger charge is -2.00. The molecule has 15 heavy (non-hydrogen) atoms. The molecule has 78 valence electrons. The number of benzene rings is 1. The highest BCUT2D eigenvalue weighted by Gasteiger charge is 2.00. The minimum atomic E-state index is 0.419. The normalized spacial score (nSPS) is 10.5. The van der Waals surface area contributed by atoms with Crippen LogP contribution in [0.1, 0.15) is 18.9 Å². The van der Waals surface area contributed by atoms with Crippen molar-refractivity contribution in [3.8, 4) is 11.3 Å². The number of rotatable bonds is 3. The number of H-pyrrole nitrogens is 1. The van der Waals surface area contributed by atoms with Crippen LogP contribution in [0.15, 0.2) is 34.9 Å². The van der Waals surface area contributed by atoms with Crippen LogP contribution in [-0.4, -0.2) is 4.98 Å². The van der Waals surface area contributed by atoms with Gasteiger partial charge in [0, 0.05) is 5.56 Å². The van der Waals surface area contributed by atoms with Crippen LogP contribution in [0, 0.1) is 4.84 Å². The molecular formula is C12H13NOS. The van der Waals surface area contributed by atoms with Gasteiger partial charge in [0.2, 0.25) is 0 Å². The first kappa shape index (κ1) is 10.2. The van der Waals surface area contributed by atoms with Gasteiger partial charge in [-0.15, -0.1) is 0 Å². The van der Waals surface area contributed by atoms with E-state index in [2.05, 4.69) is 36.2 Å². The van der Waals surface area contributed by atoms with Gasteiger partial charge in [-0.1, -0.05) is 37.6 Å². The number of aryl methyl sites for hydroxylation is 1. The Balaban J connectivity index is 2.27. The third-order valence-corrected chi connectivity index (χ3v) is 2.52. The molecule has 3 heteroatoms. The van der Waals surface area contributed by atoms with Crippen molar-refractivity contribution in [2.24, 2.45) is 0 Å². The third-order valence-electron chi connectivity index (χ3n) is 2.32. The van der Waals surface area contributed by atoms with Crippen molar-refractivity contribution in [1.29, 1.82) is 0 Å². The Bertz CT molecular complexity index is 481. The van der Waals surface area contributed by atoms with Crippen LogP contribution in [0.2, 0.25) is 0 Å². The molecule has 0 unspecified atom stereocenters.